The van der Waals surface area contributed by atoms with Gasteiger partial charge in [-0.05, 0) is 37.1 Å². The van der Waals surface area contributed by atoms with Gasteiger partial charge in [-0.3, -0.25) is 9.59 Å². The monoisotopic (exact) mass is 537 g/mol. The van der Waals surface area contributed by atoms with Crippen LogP contribution in [0, 0.1) is 12.3 Å². The number of nitrogen functional groups attached to an aromatic ring is 1. The van der Waals surface area contributed by atoms with E-state index in [2.05, 4.69) is 11.2 Å². The SMILES string of the molecule is C#CCCCCS(=O)(=O)c1cccc(Nc2cc(S(=O)(=O)[O-])c(N)c3c2C(=O)c2ccccc2C3=O)c1. The first-order chi connectivity index (χ1) is 17.5. The Kier molecular flexibility index (Phi) is 6.92. The Hall–Kier alpha value is -3.98. The van der Waals surface area contributed by atoms with Crippen LogP contribution in [0.4, 0.5) is 17.1 Å². The smallest absolute Gasteiger partial charge is 0.196 e. The van der Waals surface area contributed by atoms with Crippen LogP contribution in [0.25, 0.3) is 0 Å². The van der Waals surface area contributed by atoms with Crippen LogP contribution in [0.5, 0.6) is 0 Å². The third kappa shape index (κ3) is 4.99. The van der Waals surface area contributed by atoms with Gasteiger partial charge in [-0.2, -0.15) is 0 Å². The summed E-state index contributed by atoms with van der Waals surface area (Å²) in [5.74, 6) is 1.02. The van der Waals surface area contributed by atoms with Gasteiger partial charge in [0.25, 0.3) is 0 Å². The van der Waals surface area contributed by atoms with Crippen molar-refractivity contribution in [2.75, 3.05) is 16.8 Å². The predicted octanol–water partition coefficient (Wildman–Crippen LogP) is 3.27. The second-order valence-corrected chi connectivity index (χ2v) is 11.8. The molecule has 37 heavy (non-hydrogen) atoms. The molecule has 3 aromatic rings. The third-order valence-electron chi connectivity index (χ3n) is 5.93. The number of nitrogens with one attached hydrogen (secondary N) is 1. The van der Waals surface area contributed by atoms with Gasteiger partial charge in [0.2, 0.25) is 0 Å². The Morgan fingerprint density at radius 3 is 2.16 bits per heavy atom. The molecule has 0 saturated heterocycles. The van der Waals surface area contributed by atoms with Crippen molar-refractivity contribution in [1.82, 2.24) is 0 Å². The molecule has 1 aliphatic rings. The minimum Gasteiger partial charge on any atom is -0.744 e. The van der Waals surface area contributed by atoms with Gasteiger partial charge in [0.15, 0.2) is 21.4 Å². The fourth-order valence-electron chi connectivity index (χ4n) is 4.16. The van der Waals surface area contributed by atoms with Gasteiger partial charge in [0.05, 0.1) is 38.0 Å². The normalized spacial score (nSPS) is 13.0. The molecule has 0 unspecified atom stereocenters. The van der Waals surface area contributed by atoms with Gasteiger partial charge in [-0.15, -0.1) is 12.3 Å². The number of carbonyl (C=O) groups excluding carboxylic acids is 2. The summed E-state index contributed by atoms with van der Waals surface area (Å²) in [5.41, 5.74) is 4.83. The molecule has 0 heterocycles. The lowest BCUT2D eigenvalue weighted by Gasteiger charge is -2.25. The van der Waals surface area contributed by atoms with Crippen LogP contribution in [0.1, 0.15) is 51.1 Å². The number of ketones is 2. The van der Waals surface area contributed by atoms with Crippen LogP contribution in [0.15, 0.2) is 64.4 Å². The molecule has 190 valence electrons. The van der Waals surface area contributed by atoms with Gasteiger partial charge >= 0.3 is 0 Å². The molecule has 11 heteroatoms. The van der Waals surface area contributed by atoms with Crippen molar-refractivity contribution in [1.29, 1.82) is 0 Å². The van der Waals surface area contributed by atoms with Crippen molar-refractivity contribution in [3.05, 3.63) is 76.9 Å². The second kappa shape index (κ2) is 9.82. The maximum atomic E-state index is 13.4. The Bertz CT molecular complexity index is 1700. The number of carbonyl (C=O) groups is 2. The van der Waals surface area contributed by atoms with Crippen LogP contribution >= 0.6 is 0 Å². The molecule has 9 nitrogen and oxygen atoms in total. The highest BCUT2D eigenvalue weighted by Gasteiger charge is 2.35. The number of benzene rings is 3. The Labute approximate surface area is 214 Å². The molecule has 0 bridgehead atoms. The number of hydrogen-bond acceptors (Lipinski definition) is 9. The summed E-state index contributed by atoms with van der Waals surface area (Å²) >= 11 is 0. The molecule has 0 atom stereocenters. The van der Waals surface area contributed by atoms with Crippen molar-refractivity contribution in [2.24, 2.45) is 0 Å². The minimum atomic E-state index is -5.13. The highest BCUT2D eigenvalue weighted by atomic mass is 32.2. The van der Waals surface area contributed by atoms with Gasteiger partial charge in [-0.1, -0.05) is 30.3 Å². The largest absolute Gasteiger partial charge is 0.744 e. The fourth-order valence-corrected chi connectivity index (χ4v) is 6.20. The van der Waals surface area contributed by atoms with E-state index in [1.54, 1.807) is 6.07 Å². The van der Waals surface area contributed by atoms with Gasteiger partial charge in [0, 0.05) is 23.2 Å². The minimum absolute atomic E-state index is 0.00746. The lowest BCUT2D eigenvalue weighted by Crippen LogP contribution is -2.25. The molecule has 0 spiro atoms. The Morgan fingerprint density at radius 1 is 0.892 bits per heavy atom. The molecular weight excluding hydrogens is 516 g/mol. The standard InChI is InChI=1S/C26H22N2O7S2/c1-2-3-4-7-13-36(31,32)17-10-8-9-16(14-17)28-20-15-21(37(33,34)35)24(27)23-22(20)25(29)18-11-5-6-12-19(18)26(23)30/h1,5-6,8-12,14-15,28H,3-4,7,13,27H2,(H,33,34,35)/p-1. The summed E-state index contributed by atoms with van der Waals surface area (Å²) in [5, 5.41) is 2.82. The van der Waals surface area contributed by atoms with Crippen LogP contribution in [-0.2, 0) is 20.0 Å². The summed E-state index contributed by atoms with van der Waals surface area (Å²) in [6.45, 7) is 0. The summed E-state index contributed by atoms with van der Waals surface area (Å²) in [4.78, 5) is 25.8. The summed E-state index contributed by atoms with van der Waals surface area (Å²) in [6, 6.07) is 12.5. The number of unbranched alkanes of at least 4 members (excludes halogenated alkanes) is 2. The lowest BCUT2D eigenvalue weighted by molar-refractivity contribution is 0.0980. The lowest BCUT2D eigenvalue weighted by atomic mass is 9.82. The number of fused-ring (bicyclic) bond motifs is 2. The van der Waals surface area contributed by atoms with Crippen LogP contribution in [0.3, 0.4) is 0 Å². The van der Waals surface area contributed by atoms with E-state index in [1.165, 1.54) is 42.5 Å². The number of anilines is 3. The molecule has 0 fully saturated rings. The van der Waals surface area contributed by atoms with Crippen LogP contribution < -0.4 is 11.1 Å². The molecular formula is C26H21N2O7S2-. The third-order valence-corrected chi connectivity index (χ3v) is 8.60. The first kappa shape index (κ1) is 26.1. The van der Waals surface area contributed by atoms with Crippen LogP contribution in [0.2, 0.25) is 0 Å². The highest BCUT2D eigenvalue weighted by molar-refractivity contribution is 7.91. The fraction of sp³-hybridized carbons (Fsp3) is 0.154. The highest BCUT2D eigenvalue weighted by Crippen LogP contribution is 2.40. The topological polar surface area (TPSA) is 164 Å². The molecule has 0 aromatic heterocycles. The summed E-state index contributed by atoms with van der Waals surface area (Å²) in [6.07, 6.45) is 6.59. The molecule has 3 aromatic carbocycles. The number of sulfone groups is 1. The number of hydrogen-bond donors (Lipinski definition) is 2. The predicted molar refractivity (Wildman–Crippen MR) is 137 cm³/mol. The average molecular weight is 538 g/mol. The molecule has 4 rings (SSSR count). The number of terminal acetylenes is 1. The van der Waals surface area contributed by atoms with Crippen molar-refractivity contribution in [2.45, 2.75) is 29.1 Å². The number of rotatable bonds is 8. The van der Waals surface area contributed by atoms with E-state index in [4.69, 9.17) is 12.2 Å². The van der Waals surface area contributed by atoms with Crippen molar-refractivity contribution < 1.29 is 31.0 Å². The van der Waals surface area contributed by atoms with Gasteiger partial charge in [0.1, 0.15) is 10.1 Å². The zero-order valence-electron chi connectivity index (χ0n) is 19.4. The first-order valence-corrected chi connectivity index (χ1v) is 14.2. The van der Waals surface area contributed by atoms with E-state index in [9.17, 15) is 31.0 Å². The maximum absolute atomic E-state index is 13.4. The maximum Gasteiger partial charge on any atom is 0.196 e. The average Bonchev–Trinajstić information content (AvgIpc) is 2.85. The zero-order chi connectivity index (χ0) is 27.0. The van der Waals surface area contributed by atoms with E-state index in [-0.39, 0.29) is 38.7 Å². The molecule has 0 radical (unpaired) electrons. The molecule has 0 amide bonds. The van der Waals surface area contributed by atoms with Gasteiger partial charge < -0.3 is 15.6 Å². The second-order valence-electron chi connectivity index (χ2n) is 8.38. The molecule has 3 N–H and O–H groups in total. The summed E-state index contributed by atoms with van der Waals surface area (Å²) < 4.78 is 61.4. The zero-order valence-corrected chi connectivity index (χ0v) is 21.0. The van der Waals surface area contributed by atoms with Crippen LogP contribution in [-0.4, -0.2) is 38.7 Å². The van der Waals surface area contributed by atoms with Crippen molar-refractivity contribution in [3.63, 3.8) is 0 Å². The quantitative estimate of drug-likeness (QED) is 0.149. The van der Waals surface area contributed by atoms with E-state index in [0.29, 0.717) is 19.3 Å². The molecule has 1 aliphatic carbocycles. The first-order valence-electron chi connectivity index (χ1n) is 11.1. The Balaban J connectivity index is 1.82. The summed E-state index contributed by atoms with van der Waals surface area (Å²) in [7, 11) is -8.80. The van der Waals surface area contributed by atoms with Crippen molar-refractivity contribution >= 4 is 48.6 Å². The number of nitrogens with two attached hydrogens (primary N) is 1. The van der Waals surface area contributed by atoms with E-state index in [1.807, 2.05) is 0 Å². The van der Waals surface area contributed by atoms with Crippen molar-refractivity contribution in [3.8, 4) is 12.3 Å². The van der Waals surface area contributed by atoms with E-state index >= 15 is 0 Å². The molecule has 0 aliphatic heterocycles. The Morgan fingerprint density at radius 2 is 1.54 bits per heavy atom. The van der Waals surface area contributed by atoms with E-state index in [0.717, 1.165) is 6.07 Å². The van der Waals surface area contributed by atoms with E-state index < -0.39 is 47.7 Å². The molecule has 0 saturated carbocycles. The van der Waals surface area contributed by atoms with Gasteiger partial charge in [-0.25, -0.2) is 16.8 Å².